The molecular weight excluding hydrogens is 156 g/mol. The minimum absolute atomic E-state index is 0.304. The maximum absolute atomic E-state index is 10.9. The van der Waals surface area contributed by atoms with Crippen LogP contribution in [0.4, 0.5) is 0 Å². The molecule has 3 nitrogen and oxygen atoms in total. The van der Waals surface area contributed by atoms with Crippen LogP contribution in [-0.4, -0.2) is 26.3 Å². The summed E-state index contributed by atoms with van der Waals surface area (Å²) in [6.45, 7) is 5.21. The van der Waals surface area contributed by atoms with Gasteiger partial charge in [0.1, 0.15) is 0 Å². The Morgan fingerprint density at radius 3 is 3.00 bits per heavy atom. The van der Waals surface area contributed by atoms with Crippen LogP contribution >= 0.6 is 0 Å². The standard InChI is InChI=1S/C9H14O3/c1-7(9(10)11-2)5-8-3-4-12-6-8/h8H,1,3-6H2,2H3. The molecule has 0 aliphatic carbocycles. The van der Waals surface area contributed by atoms with Crippen LogP contribution in [0.25, 0.3) is 0 Å². The molecule has 12 heavy (non-hydrogen) atoms. The van der Waals surface area contributed by atoms with Crippen molar-refractivity contribution < 1.29 is 14.3 Å². The van der Waals surface area contributed by atoms with Gasteiger partial charge in [0.05, 0.1) is 7.11 Å². The normalized spacial score (nSPS) is 22.2. The van der Waals surface area contributed by atoms with Gasteiger partial charge in [0.25, 0.3) is 0 Å². The Balaban J connectivity index is 2.29. The molecule has 1 aliphatic rings. The van der Waals surface area contributed by atoms with Gasteiger partial charge in [0.2, 0.25) is 0 Å². The number of carbonyl (C=O) groups excluding carboxylic acids is 1. The van der Waals surface area contributed by atoms with Crippen molar-refractivity contribution in [3.8, 4) is 0 Å². The first-order valence-electron chi connectivity index (χ1n) is 4.08. The fraction of sp³-hybridized carbons (Fsp3) is 0.667. The summed E-state index contributed by atoms with van der Waals surface area (Å²) < 4.78 is 9.72. The van der Waals surface area contributed by atoms with Gasteiger partial charge in [0.15, 0.2) is 0 Å². The van der Waals surface area contributed by atoms with E-state index in [1.54, 1.807) is 0 Å². The Morgan fingerprint density at radius 1 is 1.75 bits per heavy atom. The maximum Gasteiger partial charge on any atom is 0.333 e. The van der Waals surface area contributed by atoms with Crippen molar-refractivity contribution in [1.82, 2.24) is 0 Å². The van der Waals surface area contributed by atoms with E-state index in [1.807, 2.05) is 0 Å². The number of carbonyl (C=O) groups is 1. The molecule has 68 valence electrons. The molecule has 0 N–H and O–H groups in total. The number of ether oxygens (including phenoxy) is 2. The molecule has 0 aromatic carbocycles. The van der Waals surface area contributed by atoms with E-state index in [9.17, 15) is 4.79 Å². The lowest BCUT2D eigenvalue weighted by molar-refractivity contribution is -0.136. The molecule has 0 amide bonds. The third kappa shape index (κ3) is 2.34. The Labute approximate surface area is 72.4 Å². The van der Waals surface area contributed by atoms with Crippen molar-refractivity contribution in [2.75, 3.05) is 20.3 Å². The highest BCUT2D eigenvalue weighted by Crippen LogP contribution is 2.20. The van der Waals surface area contributed by atoms with Crippen LogP contribution in [0.5, 0.6) is 0 Å². The number of esters is 1. The minimum Gasteiger partial charge on any atom is -0.466 e. The third-order valence-corrected chi connectivity index (χ3v) is 2.03. The van der Waals surface area contributed by atoms with Crippen molar-refractivity contribution in [2.24, 2.45) is 5.92 Å². The zero-order valence-electron chi connectivity index (χ0n) is 7.34. The molecule has 3 heteroatoms. The smallest absolute Gasteiger partial charge is 0.333 e. The van der Waals surface area contributed by atoms with Crippen LogP contribution in [0.2, 0.25) is 0 Å². The van der Waals surface area contributed by atoms with Crippen molar-refractivity contribution in [2.45, 2.75) is 12.8 Å². The lowest BCUT2D eigenvalue weighted by Gasteiger charge is -2.07. The van der Waals surface area contributed by atoms with Crippen LogP contribution in [0.1, 0.15) is 12.8 Å². The largest absolute Gasteiger partial charge is 0.466 e. The second-order valence-electron chi connectivity index (χ2n) is 3.03. The summed E-state index contributed by atoms with van der Waals surface area (Å²) in [5.41, 5.74) is 0.549. The molecule has 0 radical (unpaired) electrons. The van der Waals surface area contributed by atoms with Gasteiger partial charge >= 0.3 is 5.97 Å². The molecule has 1 heterocycles. The summed E-state index contributed by atoms with van der Waals surface area (Å²) >= 11 is 0. The highest BCUT2D eigenvalue weighted by molar-refractivity contribution is 5.87. The molecule has 0 aromatic heterocycles. The summed E-state index contributed by atoms with van der Waals surface area (Å²) in [6, 6.07) is 0. The van der Waals surface area contributed by atoms with Crippen molar-refractivity contribution in [1.29, 1.82) is 0 Å². The van der Waals surface area contributed by atoms with Crippen molar-refractivity contribution in [3.63, 3.8) is 0 Å². The van der Waals surface area contributed by atoms with Gasteiger partial charge in [-0.15, -0.1) is 0 Å². The van der Waals surface area contributed by atoms with Gasteiger partial charge in [0, 0.05) is 18.8 Å². The topological polar surface area (TPSA) is 35.5 Å². The molecule has 0 saturated carbocycles. The Kier molecular flexibility index (Phi) is 3.29. The minimum atomic E-state index is -0.304. The molecule has 1 saturated heterocycles. The summed E-state index contributed by atoms with van der Waals surface area (Å²) in [7, 11) is 1.37. The first-order valence-corrected chi connectivity index (χ1v) is 4.08. The molecule has 0 spiro atoms. The Bertz CT molecular complexity index is 180. The maximum atomic E-state index is 10.9. The van der Waals surface area contributed by atoms with Crippen LogP contribution in [0.15, 0.2) is 12.2 Å². The van der Waals surface area contributed by atoms with E-state index in [1.165, 1.54) is 7.11 Å². The summed E-state index contributed by atoms with van der Waals surface area (Å²) in [5, 5.41) is 0. The lowest BCUT2D eigenvalue weighted by atomic mass is 10.00. The molecule has 1 rings (SSSR count). The monoisotopic (exact) mass is 170 g/mol. The molecule has 1 fully saturated rings. The first-order chi connectivity index (χ1) is 5.74. The van der Waals surface area contributed by atoms with E-state index in [0.29, 0.717) is 17.9 Å². The van der Waals surface area contributed by atoms with Crippen LogP contribution in [-0.2, 0) is 14.3 Å². The van der Waals surface area contributed by atoms with E-state index in [-0.39, 0.29) is 5.97 Å². The average Bonchev–Trinajstić information content (AvgIpc) is 2.55. The fourth-order valence-electron chi connectivity index (χ4n) is 1.32. The first kappa shape index (κ1) is 9.26. The van der Waals surface area contributed by atoms with Gasteiger partial charge in [-0.1, -0.05) is 6.58 Å². The van der Waals surface area contributed by atoms with Crippen molar-refractivity contribution >= 4 is 5.97 Å². The lowest BCUT2D eigenvalue weighted by Crippen LogP contribution is -2.09. The Hall–Kier alpha value is -0.830. The van der Waals surface area contributed by atoms with Gasteiger partial charge in [-0.3, -0.25) is 0 Å². The van der Waals surface area contributed by atoms with Gasteiger partial charge < -0.3 is 9.47 Å². The number of hydrogen-bond acceptors (Lipinski definition) is 3. The quantitative estimate of drug-likeness (QED) is 0.470. The highest BCUT2D eigenvalue weighted by Gasteiger charge is 2.19. The van der Waals surface area contributed by atoms with Crippen LogP contribution < -0.4 is 0 Å². The van der Waals surface area contributed by atoms with Crippen molar-refractivity contribution in [3.05, 3.63) is 12.2 Å². The predicted octanol–water partition coefficient (Wildman–Crippen LogP) is 1.14. The summed E-state index contributed by atoms with van der Waals surface area (Å²) in [5.74, 6) is 0.151. The molecular formula is C9H14O3. The predicted molar refractivity (Wildman–Crippen MR) is 44.7 cm³/mol. The zero-order chi connectivity index (χ0) is 8.97. The number of methoxy groups -OCH3 is 1. The average molecular weight is 170 g/mol. The van der Waals surface area contributed by atoms with Gasteiger partial charge in [-0.25, -0.2) is 4.79 Å². The van der Waals surface area contributed by atoms with Gasteiger partial charge in [-0.2, -0.15) is 0 Å². The second kappa shape index (κ2) is 4.26. The molecule has 1 atom stereocenters. The van der Waals surface area contributed by atoms with E-state index in [2.05, 4.69) is 11.3 Å². The SMILES string of the molecule is C=C(CC1CCOC1)C(=O)OC. The zero-order valence-corrected chi connectivity index (χ0v) is 7.34. The third-order valence-electron chi connectivity index (χ3n) is 2.03. The van der Waals surface area contributed by atoms with Gasteiger partial charge in [-0.05, 0) is 18.8 Å². The summed E-state index contributed by atoms with van der Waals surface area (Å²) in [6.07, 6.45) is 1.72. The molecule has 1 aliphatic heterocycles. The van der Waals surface area contributed by atoms with E-state index < -0.39 is 0 Å². The van der Waals surface area contributed by atoms with Crippen LogP contribution in [0, 0.1) is 5.92 Å². The fourth-order valence-corrected chi connectivity index (χ4v) is 1.32. The van der Waals surface area contributed by atoms with E-state index in [0.717, 1.165) is 19.6 Å². The summed E-state index contributed by atoms with van der Waals surface area (Å²) in [4.78, 5) is 10.9. The number of rotatable bonds is 3. The molecule has 1 unspecified atom stereocenters. The molecule has 0 bridgehead atoms. The molecule has 0 aromatic rings. The Morgan fingerprint density at radius 2 is 2.50 bits per heavy atom. The van der Waals surface area contributed by atoms with E-state index in [4.69, 9.17) is 4.74 Å². The van der Waals surface area contributed by atoms with E-state index >= 15 is 0 Å². The van der Waals surface area contributed by atoms with Crippen LogP contribution in [0.3, 0.4) is 0 Å². The second-order valence-corrected chi connectivity index (χ2v) is 3.03. The highest BCUT2D eigenvalue weighted by atomic mass is 16.5. The number of hydrogen-bond donors (Lipinski definition) is 0.